The third kappa shape index (κ3) is 4.21. The van der Waals surface area contributed by atoms with Gasteiger partial charge >= 0.3 is 0 Å². The van der Waals surface area contributed by atoms with Crippen LogP contribution in [0.3, 0.4) is 0 Å². The van der Waals surface area contributed by atoms with Crippen molar-refractivity contribution < 1.29 is 0 Å². The van der Waals surface area contributed by atoms with Gasteiger partial charge in [0.1, 0.15) is 0 Å². The third-order valence-corrected chi connectivity index (χ3v) is 4.19. The lowest BCUT2D eigenvalue weighted by molar-refractivity contribution is 0.827. The zero-order chi connectivity index (χ0) is 19.4. The van der Waals surface area contributed by atoms with Crippen LogP contribution in [0.5, 0.6) is 0 Å². The normalized spacial score (nSPS) is 11.6. The predicted octanol–water partition coefficient (Wildman–Crippen LogP) is 2.15. The Hall–Kier alpha value is -3.04. The van der Waals surface area contributed by atoms with Crippen molar-refractivity contribution in [2.75, 3.05) is 0 Å². The number of rotatable bonds is 5. The number of hydrogen-bond donors (Lipinski definition) is 4. The number of aromatic nitrogens is 1. The Labute approximate surface area is 167 Å². The molecule has 0 saturated heterocycles. The highest BCUT2D eigenvalue weighted by Crippen LogP contribution is 2.30. The fraction of sp³-hybridized carbons (Fsp3) is 0.111. The van der Waals surface area contributed by atoms with Crippen LogP contribution in [-0.4, -0.2) is 27.2 Å². The Kier molecular flexibility index (Phi) is 5.63. The van der Waals surface area contributed by atoms with E-state index in [0.29, 0.717) is 0 Å². The Balaban J connectivity index is 2.08. The minimum Gasteiger partial charge on any atom is -0.375 e. The molecule has 0 fully saturated rings. The van der Waals surface area contributed by atoms with Crippen LogP contribution in [0.25, 0.3) is 21.8 Å². The zero-order valence-electron chi connectivity index (χ0n) is 14.6. The minimum atomic E-state index is 0.129. The smallest absolute Gasteiger partial charge is 0.184 e. The molecule has 1 heterocycles. The van der Waals surface area contributed by atoms with E-state index >= 15 is 0 Å². The van der Waals surface area contributed by atoms with Gasteiger partial charge in [-0.1, -0.05) is 12.1 Å². The topological polar surface area (TPSA) is 106 Å². The molecule has 3 rings (SSSR count). The molecular formula is C18H19N7S2. The first-order valence-electron chi connectivity index (χ1n) is 8.22. The highest BCUT2D eigenvalue weighted by atomic mass is 32.1. The molecule has 0 saturated carbocycles. The van der Waals surface area contributed by atoms with Gasteiger partial charge in [-0.25, -0.2) is 0 Å². The van der Waals surface area contributed by atoms with Crippen molar-refractivity contribution in [1.82, 2.24) is 15.4 Å². The van der Waals surface area contributed by atoms with E-state index in [9.17, 15) is 0 Å². The van der Waals surface area contributed by atoms with E-state index in [0.717, 1.165) is 39.5 Å². The maximum atomic E-state index is 5.39. The molecule has 3 aromatic rings. The number of fused-ring (bicyclic) bond motifs is 3. The minimum absolute atomic E-state index is 0.129. The summed E-state index contributed by atoms with van der Waals surface area (Å²) in [6, 6.07) is 12.4. The molecular weight excluding hydrogens is 378 g/mol. The Bertz CT molecular complexity index is 999. The van der Waals surface area contributed by atoms with Crippen LogP contribution in [0.2, 0.25) is 0 Å². The maximum Gasteiger partial charge on any atom is 0.184 e. The van der Waals surface area contributed by atoms with Crippen LogP contribution in [0, 0.1) is 0 Å². The molecule has 9 heteroatoms. The second-order valence-corrected chi connectivity index (χ2v) is 6.65. The fourth-order valence-corrected chi connectivity index (χ4v) is 3.09. The first-order valence-corrected chi connectivity index (χ1v) is 9.04. The van der Waals surface area contributed by atoms with Gasteiger partial charge in [0.15, 0.2) is 10.2 Å². The third-order valence-electron chi connectivity index (χ3n) is 4.01. The second-order valence-electron chi connectivity index (χ2n) is 5.77. The molecule has 0 aliphatic carbocycles. The molecule has 27 heavy (non-hydrogen) atoms. The van der Waals surface area contributed by atoms with Gasteiger partial charge in [-0.3, -0.25) is 10.9 Å². The SMILES string of the molecule is CCn1c2ccc(/C=N/NC(N)=S)cc2c2cc(/C=N/NC(N)=S)ccc21. The van der Waals surface area contributed by atoms with E-state index in [1.54, 1.807) is 12.4 Å². The van der Waals surface area contributed by atoms with Crippen molar-refractivity contribution >= 4 is 68.9 Å². The predicted molar refractivity (Wildman–Crippen MR) is 120 cm³/mol. The van der Waals surface area contributed by atoms with Gasteiger partial charge in [0.05, 0.1) is 12.4 Å². The van der Waals surface area contributed by atoms with Crippen molar-refractivity contribution in [3.63, 3.8) is 0 Å². The summed E-state index contributed by atoms with van der Waals surface area (Å²) >= 11 is 9.50. The lowest BCUT2D eigenvalue weighted by Gasteiger charge is -2.03. The summed E-state index contributed by atoms with van der Waals surface area (Å²) < 4.78 is 2.27. The molecule has 0 spiro atoms. The van der Waals surface area contributed by atoms with E-state index in [2.05, 4.69) is 56.8 Å². The van der Waals surface area contributed by atoms with E-state index in [-0.39, 0.29) is 10.2 Å². The van der Waals surface area contributed by atoms with E-state index in [1.165, 1.54) is 0 Å². The molecule has 0 aliphatic rings. The fourth-order valence-electron chi connectivity index (χ4n) is 2.98. The van der Waals surface area contributed by atoms with Crippen LogP contribution >= 0.6 is 24.4 Å². The average molecular weight is 398 g/mol. The largest absolute Gasteiger partial charge is 0.375 e. The van der Waals surface area contributed by atoms with Crippen molar-refractivity contribution in [2.45, 2.75) is 13.5 Å². The monoisotopic (exact) mass is 397 g/mol. The molecule has 0 aliphatic heterocycles. The second kappa shape index (κ2) is 8.11. The Morgan fingerprint density at radius 1 is 0.926 bits per heavy atom. The number of hydrogen-bond acceptors (Lipinski definition) is 4. The summed E-state index contributed by atoms with van der Waals surface area (Å²) in [5.41, 5.74) is 20.1. The Morgan fingerprint density at radius 2 is 1.37 bits per heavy atom. The number of nitrogens with one attached hydrogen (secondary N) is 2. The van der Waals surface area contributed by atoms with Gasteiger partial charge in [-0.05, 0) is 66.8 Å². The number of thiocarbonyl (C=S) groups is 2. The summed E-state index contributed by atoms with van der Waals surface area (Å²) in [5, 5.41) is 10.6. The highest BCUT2D eigenvalue weighted by molar-refractivity contribution is 7.80. The van der Waals surface area contributed by atoms with Crippen LogP contribution in [0.4, 0.5) is 0 Å². The molecule has 1 aromatic heterocycles. The van der Waals surface area contributed by atoms with Gasteiger partial charge in [0.2, 0.25) is 0 Å². The maximum absolute atomic E-state index is 5.39. The standard InChI is InChI=1S/C18H19N7S2/c1-2-25-15-5-3-11(9-21-23-17(19)26)7-13(15)14-8-12(4-6-16(14)25)10-22-24-18(20)27/h3-10H,2H2,1H3,(H3,19,23,26)(H3,20,24,27)/b21-9+,22-10+. The highest BCUT2D eigenvalue weighted by Gasteiger charge is 2.10. The summed E-state index contributed by atoms with van der Waals surface area (Å²) in [5.74, 6) is 0. The number of hydrazone groups is 2. The number of aryl methyl sites for hydroxylation is 1. The number of nitrogens with two attached hydrogens (primary N) is 2. The summed E-state index contributed by atoms with van der Waals surface area (Å²) in [6.07, 6.45) is 3.37. The van der Waals surface area contributed by atoms with Crippen molar-refractivity contribution in [2.24, 2.45) is 21.7 Å². The van der Waals surface area contributed by atoms with Gasteiger partial charge < -0.3 is 16.0 Å². The molecule has 0 radical (unpaired) electrons. The molecule has 7 nitrogen and oxygen atoms in total. The van der Waals surface area contributed by atoms with Gasteiger partial charge in [0.25, 0.3) is 0 Å². The van der Waals surface area contributed by atoms with Gasteiger partial charge in [-0.2, -0.15) is 10.2 Å². The van der Waals surface area contributed by atoms with E-state index in [1.807, 2.05) is 12.1 Å². The van der Waals surface area contributed by atoms with E-state index < -0.39 is 0 Å². The van der Waals surface area contributed by atoms with Crippen LogP contribution < -0.4 is 22.3 Å². The van der Waals surface area contributed by atoms with Crippen molar-refractivity contribution in [3.05, 3.63) is 47.5 Å². The van der Waals surface area contributed by atoms with Gasteiger partial charge in [-0.15, -0.1) is 0 Å². The van der Waals surface area contributed by atoms with E-state index in [4.69, 9.17) is 35.9 Å². The van der Waals surface area contributed by atoms with Crippen molar-refractivity contribution in [1.29, 1.82) is 0 Å². The van der Waals surface area contributed by atoms with Crippen molar-refractivity contribution in [3.8, 4) is 0 Å². The lowest BCUT2D eigenvalue weighted by Crippen LogP contribution is -2.24. The molecule has 138 valence electrons. The molecule has 0 bridgehead atoms. The molecule has 0 atom stereocenters. The van der Waals surface area contributed by atoms with Gasteiger partial charge in [0, 0.05) is 28.4 Å². The lowest BCUT2D eigenvalue weighted by atomic mass is 10.1. The zero-order valence-corrected chi connectivity index (χ0v) is 16.3. The van der Waals surface area contributed by atoms with Crippen LogP contribution in [-0.2, 0) is 6.54 Å². The first kappa shape index (κ1) is 18.7. The van der Waals surface area contributed by atoms with Crippen LogP contribution in [0.1, 0.15) is 18.1 Å². The molecule has 0 unspecified atom stereocenters. The number of benzene rings is 2. The number of nitrogens with zero attached hydrogens (tertiary/aromatic N) is 3. The molecule has 0 amide bonds. The molecule has 2 aromatic carbocycles. The van der Waals surface area contributed by atoms with Crippen LogP contribution in [0.15, 0.2) is 46.6 Å². The summed E-state index contributed by atoms with van der Waals surface area (Å²) in [6.45, 7) is 2.99. The first-order chi connectivity index (χ1) is 13.0. The summed E-state index contributed by atoms with van der Waals surface area (Å²) in [4.78, 5) is 0. The quantitative estimate of drug-likeness (QED) is 0.299. The summed E-state index contributed by atoms with van der Waals surface area (Å²) in [7, 11) is 0. The average Bonchev–Trinajstić information content (AvgIpc) is 2.93. The Morgan fingerprint density at radius 3 is 1.74 bits per heavy atom. The molecule has 6 N–H and O–H groups in total.